The van der Waals surface area contributed by atoms with Crippen molar-refractivity contribution in [2.24, 2.45) is 17.4 Å². The Morgan fingerprint density at radius 3 is 2.82 bits per heavy atom. The number of carbonyl (C=O) groups excluding carboxylic acids is 1. The first-order chi connectivity index (χ1) is 8.08. The second-order valence-corrected chi connectivity index (χ2v) is 4.52. The Morgan fingerprint density at radius 2 is 2.24 bits per heavy atom. The molecule has 0 aliphatic carbocycles. The van der Waals surface area contributed by atoms with E-state index in [1.54, 1.807) is 6.07 Å². The van der Waals surface area contributed by atoms with Gasteiger partial charge in [0.05, 0.1) is 11.6 Å². The molecule has 90 valence electrons. The van der Waals surface area contributed by atoms with Gasteiger partial charge < -0.3 is 16.4 Å². The molecule has 1 aliphatic rings. The number of thiocarbonyl (C=S) groups is 1. The number of nitrogens with two attached hydrogens (primary N) is 2. The Labute approximate surface area is 105 Å². The summed E-state index contributed by atoms with van der Waals surface area (Å²) in [6.45, 7) is 1.39. The van der Waals surface area contributed by atoms with Gasteiger partial charge in [-0.05, 0) is 18.6 Å². The van der Waals surface area contributed by atoms with Crippen molar-refractivity contribution in [1.29, 1.82) is 0 Å². The van der Waals surface area contributed by atoms with Crippen molar-refractivity contribution >= 4 is 28.9 Å². The normalized spacial score (nSPS) is 19.3. The van der Waals surface area contributed by atoms with Gasteiger partial charge in [-0.1, -0.05) is 18.3 Å². The largest absolute Gasteiger partial charge is 0.388 e. The Kier molecular flexibility index (Phi) is 3.23. The molecule has 0 radical (unpaired) electrons. The number of aromatic nitrogens is 1. The Bertz CT molecular complexity index is 463. The molecule has 4 N–H and O–H groups in total. The molecule has 0 bridgehead atoms. The molecule has 5 nitrogen and oxygen atoms in total. The minimum absolute atomic E-state index is 0.0923. The molecule has 2 heterocycles. The summed E-state index contributed by atoms with van der Waals surface area (Å²) in [5.41, 5.74) is 11.4. The zero-order valence-corrected chi connectivity index (χ0v) is 10.1. The van der Waals surface area contributed by atoms with Crippen molar-refractivity contribution in [3.05, 3.63) is 23.9 Å². The van der Waals surface area contributed by atoms with E-state index in [0.29, 0.717) is 12.2 Å². The lowest BCUT2D eigenvalue weighted by Gasteiger charge is -2.17. The van der Waals surface area contributed by atoms with Gasteiger partial charge in [0.15, 0.2) is 0 Å². The van der Waals surface area contributed by atoms with Gasteiger partial charge in [-0.25, -0.2) is 4.98 Å². The topological polar surface area (TPSA) is 85.2 Å². The monoisotopic (exact) mass is 250 g/mol. The van der Waals surface area contributed by atoms with Gasteiger partial charge in [0.2, 0.25) is 5.91 Å². The lowest BCUT2D eigenvalue weighted by atomic mass is 10.1. The summed E-state index contributed by atoms with van der Waals surface area (Å²) in [5, 5.41) is 0. The van der Waals surface area contributed by atoms with Crippen molar-refractivity contribution in [3.8, 4) is 0 Å². The molecule has 0 saturated carbocycles. The van der Waals surface area contributed by atoms with Crippen LogP contribution in [0.3, 0.4) is 0 Å². The molecule has 0 spiro atoms. The number of carbonyl (C=O) groups is 1. The highest BCUT2D eigenvalue weighted by molar-refractivity contribution is 7.80. The van der Waals surface area contributed by atoms with E-state index in [-0.39, 0.29) is 16.8 Å². The molecule has 1 saturated heterocycles. The molecule has 6 heteroatoms. The number of anilines is 1. The Balaban J connectivity index is 2.16. The number of hydrogen-bond acceptors (Lipinski definition) is 4. The lowest BCUT2D eigenvalue weighted by Crippen LogP contribution is -2.28. The second kappa shape index (κ2) is 4.67. The Morgan fingerprint density at radius 1 is 1.47 bits per heavy atom. The molecule has 1 unspecified atom stereocenters. The van der Waals surface area contributed by atoms with Crippen molar-refractivity contribution in [3.63, 3.8) is 0 Å². The molecule has 1 aromatic heterocycles. The van der Waals surface area contributed by atoms with Gasteiger partial charge in [0.1, 0.15) is 10.8 Å². The number of nitrogens with zero attached hydrogens (tertiary/aromatic N) is 2. The summed E-state index contributed by atoms with van der Waals surface area (Å²) < 4.78 is 0. The molecule has 1 amide bonds. The van der Waals surface area contributed by atoms with Gasteiger partial charge in [0, 0.05) is 13.1 Å². The van der Waals surface area contributed by atoms with Crippen LogP contribution in [0.4, 0.5) is 5.82 Å². The third-order valence-corrected chi connectivity index (χ3v) is 3.11. The summed E-state index contributed by atoms with van der Waals surface area (Å²) in [7, 11) is 0. The smallest absolute Gasteiger partial charge is 0.222 e. The quantitative estimate of drug-likeness (QED) is 0.739. The summed E-state index contributed by atoms with van der Waals surface area (Å²) in [5.74, 6) is 0.447. The fourth-order valence-electron chi connectivity index (χ4n) is 1.94. The summed E-state index contributed by atoms with van der Waals surface area (Å²) in [6, 6.07) is 5.51. The van der Waals surface area contributed by atoms with Gasteiger partial charge in [-0.15, -0.1) is 0 Å². The maximum absolute atomic E-state index is 11.1. The van der Waals surface area contributed by atoms with E-state index >= 15 is 0 Å². The summed E-state index contributed by atoms with van der Waals surface area (Å²) in [6.07, 6.45) is 0.772. The summed E-state index contributed by atoms with van der Waals surface area (Å²) in [4.78, 5) is 17.7. The van der Waals surface area contributed by atoms with E-state index < -0.39 is 0 Å². The molecule has 1 aliphatic heterocycles. The molecule has 1 atom stereocenters. The minimum atomic E-state index is -0.252. The van der Waals surface area contributed by atoms with Crippen LogP contribution in [-0.4, -0.2) is 29.0 Å². The lowest BCUT2D eigenvalue weighted by molar-refractivity contribution is -0.121. The van der Waals surface area contributed by atoms with Crippen LogP contribution in [0.15, 0.2) is 18.2 Å². The van der Waals surface area contributed by atoms with Crippen molar-refractivity contribution in [2.75, 3.05) is 18.0 Å². The maximum Gasteiger partial charge on any atom is 0.222 e. The van der Waals surface area contributed by atoms with Crippen molar-refractivity contribution < 1.29 is 4.79 Å². The predicted molar refractivity (Wildman–Crippen MR) is 69.6 cm³/mol. The van der Waals surface area contributed by atoms with Crippen molar-refractivity contribution in [1.82, 2.24) is 4.98 Å². The van der Waals surface area contributed by atoms with E-state index in [1.807, 2.05) is 17.0 Å². The highest BCUT2D eigenvalue weighted by atomic mass is 32.1. The number of pyridine rings is 1. The zero-order valence-electron chi connectivity index (χ0n) is 9.30. The third-order valence-electron chi connectivity index (χ3n) is 2.90. The van der Waals surface area contributed by atoms with Crippen LogP contribution in [-0.2, 0) is 4.79 Å². The van der Waals surface area contributed by atoms with E-state index in [0.717, 1.165) is 18.8 Å². The second-order valence-electron chi connectivity index (χ2n) is 4.08. The minimum Gasteiger partial charge on any atom is -0.388 e. The average Bonchev–Trinajstić information content (AvgIpc) is 2.78. The number of hydrogen-bond donors (Lipinski definition) is 2. The first-order valence-electron chi connectivity index (χ1n) is 5.39. The number of amides is 1. The molecule has 0 aromatic carbocycles. The summed E-state index contributed by atoms with van der Waals surface area (Å²) >= 11 is 4.88. The van der Waals surface area contributed by atoms with E-state index in [2.05, 4.69) is 4.98 Å². The van der Waals surface area contributed by atoms with E-state index in [1.165, 1.54) is 0 Å². The van der Waals surface area contributed by atoms with Gasteiger partial charge in [0.25, 0.3) is 0 Å². The van der Waals surface area contributed by atoms with Crippen molar-refractivity contribution in [2.45, 2.75) is 6.42 Å². The van der Waals surface area contributed by atoms with Crippen LogP contribution >= 0.6 is 12.2 Å². The van der Waals surface area contributed by atoms with Gasteiger partial charge in [-0.3, -0.25) is 4.79 Å². The van der Waals surface area contributed by atoms with Gasteiger partial charge >= 0.3 is 0 Å². The predicted octanol–water partition coefficient (Wildman–Crippen LogP) is 0.0274. The molecular weight excluding hydrogens is 236 g/mol. The van der Waals surface area contributed by atoms with Crippen LogP contribution in [0.25, 0.3) is 0 Å². The van der Waals surface area contributed by atoms with Crippen LogP contribution in [0.2, 0.25) is 0 Å². The standard InChI is InChI=1S/C11H14N4OS/c12-10(16)7-4-5-15(6-7)9-3-1-2-8(14-9)11(13)17/h1-3,7H,4-6H2,(H2,12,16)(H2,13,17). The van der Waals surface area contributed by atoms with E-state index in [4.69, 9.17) is 23.7 Å². The average molecular weight is 250 g/mol. The van der Waals surface area contributed by atoms with Crippen LogP contribution in [0.5, 0.6) is 0 Å². The molecule has 1 fully saturated rings. The Hall–Kier alpha value is -1.69. The fourth-order valence-corrected chi connectivity index (χ4v) is 2.05. The van der Waals surface area contributed by atoms with Gasteiger partial charge in [-0.2, -0.15) is 0 Å². The maximum atomic E-state index is 11.1. The molecule has 2 rings (SSSR count). The first-order valence-corrected chi connectivity index (χ1v) is 5.80. The van der Waals surface area contributed by atoms with Crippen LogP contribution in [0, 0.1) is 5.92 Å². The third kappa shape index (κ3) is 2.52. The van der Waals surface area contributed by atoms with E-state index in [9.17, 15) is 4.79 Å². The number of primary amides is 1. The highest BCUT2D eigenvalue weighted by Crippen LogP contribution is 2.21. The zero-order chi connectivity index (χ0) is 12.4. The SMILES string of the molecule is NC(=O)C1CCN(c2cccc(C(N)=S)n2)C1. The molecule has 17 heavy (non-hydrogen) atoms. The van der Waals surface area contributed by atoms with Crippen LogP contribution < -0.4 is 16.4 Å². The number of rotatable bonds is 3. The van der Waals surface area contributed by atoms with Crippen LogP contribution in [0.1, 0.15) is 12.1 Å². The fraction of sp³-hybridized carbons (Fsp3) is 0.364. The molecule has 1 aromatic rings. The highest BCUT2D eigenvalue weighted by Gasteiger charge is 2.27. The first kappa shape index (κ1) is 11.8. The molecular formula is C11H14N4OS.